The Morgan fingerprint density at radius 3 is 2.22 bits per heavy atom. The molecule has 0 aromatic heterocycles. The van der Waals surface area contributed by atoms with Gasteiger partial charge in [-0.2, -0.15) is 5.26 Å². The molecule has 0 saturated heterocycles. The minimum Gasteiger partial charge on any atom is -0.508 e. The topological polar surface area (TPSA) is 44.0 Å². The van der Waals surface area contributed by atoms with Crippen molar-refractivity contribution in [3.05, 3.63) is 65.0 Å². The number of nitrogens with zero attached hydrogens (tertiary/aromatic N) is 1. The van der Waals surface area contributed by atoms with Crippen LogP contribution in [0.4, 0.5) is 4.39 Å². The summed E-state index contributed by atoms with van der Waals surface area (Å²) >= 11 is 0. The Bertz CT molecular complexity index is 672. The van der Waals surface area contributed by atoms with Crippen LogP contribution in [0.25, 0.3) is 0 Å². The normalized spacial score (nSPS) is 9.11. The summed E-state index contributed by atoms with van der Waals surface area (Å²) in [6.07, 6.45) is 0. The number of phenolic OH excluding ortho intramolecular Hbond substituents is 1. The summed E-state index contributed by atoms with van der Waals surface area (Å²) in [5.74, 6) is 4.78. The van der Waals surface area contributed by atoms with Gasteiger partial charge in [-0.1, -0.05) is 11.8 Å². The minimum absolute atomic E-state index is 0.128. The second-order valence-corrected chi connectivity index (χ2v) is 3.60. The Kier molecular flexibility index (Phi) is 3.27. The molecule has 0 aliphatic heterocycles. The number of halogens is 1. The highest BCUT2D eigenvalue weighted by atomic mass is 19.1. The average Bonchev–Trinajstić information content (AvgIpc) is 2.38. The van der Waals surface area contributed by atoms with Gasteiger partial charge in [-0.25, -0.2) is 4.39 Å². The van der Waals surface area contributed by atoms with Crippen molar-refractivity contribution >= 4 is 0 Å². The van der Waals surface area contributed by atoms with Crippen LogP contribution in [0, 0.1) is 29.0 Å². The van der Waals surface area contributed by atoms with Crippen molar-refractivity contribution in [1.29, 1.82) is 5.26 Å². The molecule has 3 heteroatoms. The Morgan fingerprint density at radius 1 is 0.944 bits per heavy atom. The van der Waals surface area contributed by atoms with E-state index in [0.29, 0.717) is 11.1 Å². The zero-order valence-electron chi connectivity index (χ0n) is 9.31. The van der Waals surface area contributed by atoms with Crippen LogP contribution in [-0.2, 0) is 0 Å². The lowest BCUT2D eigenvalue weighted by Gasteiger charge is -1.95. The molecule has 0 aliphatic carbocycles. The summed E-state index contributed by atoms with van der Waals surface area (Å²) in [7, 11) is 0. The first-order chi connectivity index (χ1) is 8.69. The van der Waals surface area contributed by atoms with E-state index in [1.807, 2.05) is 6.07 Å². The molecule has 0 fully saturated rings. The van der Waals surface area contributed by atoms with Crippen molar-refractivity contribution in [2.24, 2.45) is 0 Å². The molecular formula is C15H8FNO. The molecule has 1 N–H and O–H groups in total. The molecule has 2 aromatic rings. The monoisotopic (exact) mass is 237 g/mol. The lowest BCUT2D eigenvalue weighted by atomic mass is 10.1. The molecule has 0 bridgehead atoms. The molecule has 0 radical (unpaired) electrons. The van der Waals surface area contributed by atoms with Gasteiger partial charge in [0.25, 0.3) is 0 Å². The number of hydrogen-bond acceptors (Lipinski definition) is 2. The predicted molar refractivity (Wildman–Crippen MR) is 65.2 cm³/mol. The molecule has 2 nitrogen and oxygen atoms in total. The van der Waals surface area contributed by atoms with E-state index in [4.69, 9.17) is 10.4 Å². The smallest absolute Gasteiger partial charge is 0.142 e. The molecule has 0 saturated carbocycles. The highest BCUT2D eigenvalue weighted by molar-refractivity contribution is 5.46. The molecule has 18 heavy (non-hydrogen) atoms. The fraction of sp³-hybridized carbons (Fsp3) is 0. The van der Waals surface area contributed by atoms with Crippen molar-refractivity contribution in [1.82, 2.24) is 0 Å². The van der Waals surface area contributed by atoms with E-state index in [0.717, 1.165) is 6.07 Å². The fourth-order valence-corrected chi connectivity index (χ4v) is 1.37. The number of rotatable bonds is 0. The molecule has 0 atom stereocenters. The van der Waals surface area contributed by atoms with Crippen molar-refractivity contribution in [3.8, 4) is 23.7 Å². The average molecular weight is 237 g/mol. The number of nitriles is 1. The van der Waals surface area contributed by atoms with Gasteiger partial charge in [-0.3, -0.25) is 0 Å². The third kappa shape index (κ3) is 2.66. The number of aromatic hydroxyl groups is 1. The maximum absolute atomic E-state index is 13.4. The Labute approximate surface area is 104 Å². The SMILES string of the molecule is N#Cc1ccc(C#Cc2ccc(O)cc2F)cc1. The van der Waals surface area contributed by atoms with E-state index in [-0.39, 0.29) is 11.3 Å². The lowest BCUT2D eigenvalue weighted by Crippen LogP contribution is -1.83. The van der Waals surface area contributed by atoms with Crippen LogP contribution in [0.3, 0.4) is 0 Å². The standard InChI is InChI=1S/C15H8FNO/c16-15-9-14(18)8-7-13(15)6-5-11-1-3-12(10-17)4-2-11/h1-4,7-9,18H. The molecule has 0 aliphatic rings. The van der Waals surface area contributed by atoms with Crippen molar-refractivity contribution in [2.75, 3.05) is 0 Å². The number of phenols is 1. The van der Waals surface area contributed by atoms with Gasteiger partial charge in [0, 0.05) is 11.6 Å². The van der Waals surface area contributed by atoms with Gasteiger partial charge in [0.05, 0.1) is 17.2 Å². The third-order valence-electron chi connectivity index (χ3n) is 2.31. The Morgan fingerprint density at radius 2 is 1.61 bits per heavy atom. The highest BCUT2D eigenvalue weighted by Gasteiger charge is 1.99. The molecule has 0 amide bonds. The highest BCUT2D eigenvalue weighted by Crippen LogP contribution is 2.14. The zero-order chi connectivity index (χ0) is 13.0. The molecule has 0 unspecified atom stereocenters. The fourth-order valence-electron chi connectivity index (χ4n) is 1.37. The second kappa shape index (κ2) is 5.03. The summed E-state index contributed by atoms with van der Waals surface area (Å²) in [6.45, 7) is 0. The summed E-state index contributed by atoms with van der Waals surface area (Å²) in [4.78, 5) is 0. The molecule has 2 rings (SSSR count). The predicted octanol–water partition coefficient (Wildman–Crippen LogP) is 2.80. The minimum atomic E-state index is -0.559. The maximum atomic E-state index is 13.4. The van der Waals surface area contributed by atoms with Gasteiger partial charge >= 0.3 is 0 Å². The van der Waals surface area contributed by atoms with Crippen molar-refractivity contribution in [2.45, 2.75) is 0 Å². The van der Waals surface area contributed by atoms with Crippen LogP contribution in [0.5, 0.6) is 5.75 Å². The van der Waals surface area contributed by atoms with E-state index in [9.17, 15) is 4.39 Å². The number of hydrogen-bond donors (Lipinski definition) is 1. The van der Waals surface area contributed by atoms with Gasteiger partial charge in [0.2, 0.25) is 0 Å². The first-order valence-corrected chi connectivity index (χ1v) is 5.20. The molecule has 86 valence electrons. The molecule has 0 spiro atoms. The Balaban J connectivity index is 2.28. The van der Waals surface area contributed by atoms with E-state index in [1.165, 1.54) is 12.1 Å². The van der Waals surface area contributed by atoms with Crippen molar-refractivity contribution < 1.29 is 9.50 Å². The zero-order valence-corrected chi connectivity index (χ0v) is 9.31. The number of benzene rings is 2. The van der Waals surface area contributed by atoms with Gasteiger partial charge in [-0.05, 0) is 36.4 Å². The van der Waals surface area contributed by atoms with Gasteiger partial charge in [-0.15, -0.1) is 0 Å². The first kappa shape index (κ1) is 11.7. The van der Waals surface area contributed by atoms with E-state index >= 15 is 0 Å². The largest absolute Gasteiger partial charge is 0.508 e. The van der Waals surface area contributed by atoms with Gasteiger partial charge in [0.1, 0.15) is 11.6 Å². The van der Waals surface area contributed by atoms with E-state index in [2.05, 4.69) is 11.8 Å². The van der Waals surface area contributed by atoms with Crippen LogP contribution in [0.1, 0.15) is 16.7 Å². The molecule has 0 heterocycles. The third-order valence-corrected chi connectivity index (χ3v) is 2.31. The summed E-state index contributed by atoms with van der Waals surface area (Å²) in [5.41, 5.74) is 1.47. The van der Waals surface area contributed by atoms with Gasteiger partial charge < -0.3 is 5.11 Å². The molecule has 2 aromatic carbocycles. The summed E-state index contributed by atoms with van der Waals surface area (Å²) < 4.78 is 13.4. The van der Waals surface area contributed by atoms with Crippen molar-refractivity contribution in [3.63, 3.8) is 0 Å². The van der Waals surface area contributed by atoms with Crippen LogP contribution in [0.15, 0.2) is 42.5 Å². The van der Waals surface area contributed by atoms with Crippen LogP contribution in [0.2, 0.25) is 0 Å². The quantitative estimate of drug-likeness (QED) is 0.716. The summed E-state index contributed by atoms with van der Waals surface area (Å²) in [6, 6.07) is 12.5. The van der Waals surface area contributed by atoms with E-state index in [1.54, 1.807) is 24.3 Å². The summed E-state index contributed by atoms with van der Waals surface area (Å²) in [5, 5.41) is 17.7. The maximum Gasteiger partial charge on any atom is 0.142 e. The van der Waals surface area contributed by atoms with Crippen LogP contribution < -0.4 is 0 Å². The van der Waals surface area contributed by atoms with Crippen LogP contribution >= 0.6 is 0 Å². The van der Waals surface area contributed by atoms with Crippen LogP contribution in [-0.4, -0.2) is 5.11 Å². The van der Waals surface area contributed by atoms with E-state index < -0.39 is 5.82 Å². The first-order valence-electron chi connectivity index (χ1n) is 5.20. The lowest BCUT2D eigenvalue weighted by molar-refractivity contribution is 0.469. The molecular weight excluding hydrogens is 229 g/mol. The van der Waals surface area contributed by atoms with Gasteiger partial charge in [0.15, 0.2) is 0 Å². The Hall–Kier alpha value is -2.78. The second-order valence-electron chi connectivity index (χ2n) is 3.60.